The van der Waals surface area contributed by atoms with E-state index in [0.717, 1.165) is 53.8 Å². The molecule has 2 aliphatic heterocycles. The van der Waals surface area contributed by atoms with E-state index in [4.69, 9.17) is 15.0 Å². The van der Waals surface area contributed by atoms with Crippen LogP contribution in [0.5, 0.6) is 0 Å². The van der Waals surface area contributed by atoms with Crippen molar-refractivity contribution in [3.63, 3.8) is 0 Å². The first-order valence-electron chi connectivity index (χ1n) is 9.98. The van der Waals surface area contributed by atoms with Crippen LogP contribution in [0.4, 0.5) is 23.5 Å². The molecule has 1 aromatic carbocycles. The molecular formula is C20H48BrClN10. The van der Waals surface area contributed by atoms with Crippen LogP contribution in [0.25, 0.3) is 0 Å². The van der Waals surface area contributed by atoms with Gasteiger partial charge in [0.2, 0.25) is 17.8 Å². The first-order chi connectivity index (χ1) is 13.2. The maximum absolute atomic E-state index is 4.84. The molecule has 13 N–H and O–H groups in total. The number of halogens is 2. The van der Waals surface area contributed by atoms with Crippen LogP contribution < -0.4 is 39.7 Å². The van der Waals surface area contributed by atoms with Crippen LogP contribution >= 0.6 is 28.3 Å². The molecule has 0 spiro atoms. The van der Waals surface area contributed by atoms with E-state index in [0.29, 0.717) is 5.95 Å². The smallest absolute Gasteiger partial charge is 0.233 e. The summed E-state index contributed by atoms with van der Waals surface area (Å²) in [5.74, 6) is 2.25. The SMILES string of the molecule is Cc1cc(Br)ccc1Nc1nc(N2CCCCC2)nc(N2CCCCC2)n1.Cl.N.N.N.N.[HH].[HH].[HH].[HH]. The zero-order chi connectivity index (χ0) is 18.6. The second-order valence-electron chi connectivity index (χ2n) is 7.44. The highest BCUT2D eigenvalue weighted by Crippen LogP contribution is 2.26. The monoisotopic (exact) mass is 542 g/mol. The highest BCUT2D eigenvalue weighted by Gasteiger charge is 2.20. The van der Waals surface area contributed by atoms with Crippen molar-refractivity contribution in [1.29, 1.82) is 0 Å². The van der Waals surface area contributed by atoms with Crippen molar-refractivity contribution < 1.29 is 5.71 Å². The Morgan fingerprint density at radius 2 is 1.25 bits per heavy atom. The molecule has 192 valence electrons. The van der Waals surface area contributed by atoms with Crippen molar-refractivity contribution in [2.24, 2.45) is 0 Å². The predicted molar refractivity (Wildman–Crippen MR) is 150 cm³/mol. The minimum absolute atomic E-state index is 0. The summed E-state index contributed by atoms with van der Waals surface area (Å²) in [6, 6.07) is 6.19. The van der Waals surface area contributed by atoms with Gasteiger partial charge in [0.1, 0.15) is 0 Å². The van der Waals surface area contributed by atoms with Gasteiger partial charge in [-0.3, -0.25) is 0 Å². The van der Waals surface area contributed by atoms with Crippen LogP contribution in [-0.2, 0) is 0 Å². The first kappa shape index (κ1) is 32.4. The lowest BCUT2D eigenvalue weighted by atomic mass is 10.1. The lowest BCUT2D eigenvalue weighted by Crippen LogP contribution is -2.34. The van der Waals surface area contributed by atoms with E-state index < -0.39 is 0 Å². The number of nitrogens with one attached hydrogen (secondary N) is 1. The normalized spacial score (nSPS) is 15.1. The third kappa shape index (κ3) is 7.98. The number of aromatic nitrogens is 3. The summed E-state index contributed by atoms with van der Waals surface area (Å²) in [5, 5.41) is 3.42. The zero-order valence-electron chi connectivity index (χ0n) is 19.2. The standard InChI is InChI=1S/C20H27BrN6.ClH.4H3N.4H2/c1-15-14-16(21)8-9-17(15)22-18-23-19(26-10-4-2-5-11-26)25-20(24-18)27-12-6-3-7-13-27;;;;;;;;;/h8-9,14H,2-7,10-13H2,1H3,(H,22,23,24,25);1H;4*1H3;4*1H. The molecule has 2 fully saturated rings. The van der Waals surface area contributed by atoms with Crippen LogP contribution in [0.3, 0.4) is 0 Å². The second kappa shape index (κ2) is 15.1. The number of aryl methyl sites for hydroxylation is 1. The molecule has 3 heterocycles. The summed E-state index contributed by atoms with van der Waals surface area (Å²) in [6.07, 6.45) is 7.42. The molecule has 2 saturated heterocycles. The molecule has 12 heteroatoms. The minimum atomic E-state index is 0. The van der Waals surface area contributed by atoms with E-state index in [2.05, 4.69) is 50.1 Å². The van der Waals surface area contributed by atoms with Gasteiger partial charge in [-0.05, 0) is 69.2 Å². The Balaban J connectivity index is -0.000000250. The van der Waals surface area contributed by atoms with E-state index in [1.165, 1.54) is 38.5 Å². The Bertz CT molecular complexity index is 780. The maximum Gasteiger partial charge on any atom is 0.233 e. The molecule has 0 amide bonds. The highest BCUT2D eigenvalue weighted by molar-refractivity contribution is 9.10. The van der Waals surface area contributed by atoms with Gasteiger partial charge in [0.05, 0.1) is 0 Å². The largest absolute Gasteiger partial charge is 0.344 e. The summed E-state index contributed by atoms with van der Waals surface area (Å²) in [5.41, 5.74) is 2.18. The molecule has 0 unspecified atom stereocenters. The molecule has 1 aromatic heterocycles. The quantitative estimate of drug-likeness (QED) is 0.275. The number of hydrogen-bond donors (Lipinski definition) is 5. The first-order valence-corrected chi connectivity index (χ1v) is 10.8. The van der Waals surface area contributed by atoms with Gasteiger partial charge in [-0.2, -0.15) is 15.0 Å². The number of piperidine rings is 2. The molecule has 0 atom stereocenters. The molecule has 0 radical (unpaired) electrons. The molecule has 0 aliphatic carbocycles. The van der Waals surface area contributed by atoms with Gasteiger partial charge in [0.25, 0.3) is 0 Å². The van der Waals surface area contributed by atoms with Gasteiger partial charge in [0, 0.05) is 42.0 Å². The molecule has 0 saturated carbocycles. The minimum Gasteiger partial charge on any atom is -0.344 e. The molecule has 0 bridgehead atoms. The van der Waals surface area contributed by atoms with E-state index >= 15 is 0 Å². The van der Waals surface area contributed by atoms with Crippen molar-refractivity contribution >= 4 is 51.9 Å². The van der Waals surface area contributed by atoms with Crippen LogP contribution in [0.2, 0.25) is 0 Å². The number of anilines is 4. The maximum atomic E-state index is 4.84. The summed E-state index contributed by atoms with van der Waals surface area (Å²) >= 11 is 3.53. The van der Waals surface area contributed by atoms with Crippen molar-refractivity contribution in [1.82, 2.24) is 39.6 Å². The van der Waals surface area contributed by atoms with Crippen LogP contribution in [0.15, 0.2) is 22.7 Å². The molecule has 2 aliphatic rings. The fourth-order valence-electron chi connectivity index (χ4n) is 3.77. The van der Waals surface area contributed by atoms with Gasteiger partial charge in [0.15, 0.2) is 0 Å². The molecule has 10 nitrogen and oxygen atoms in total. The third-order valence-corrected chi connectivity index (χ3v) is 5.82. The summed E-state index contributed by atoms with van der Waals surface area (Å²) in [4.78, 5) is 19.0. The number of nitrogens with zero attached hydrogens (tertiary/aromatic N) is 5. The van der Waals surface area contributed by atoms with Crippen molar-refractivity contribution in [3.8, 4) is 0 Å². The Morgan fingerprint density at radius 3 is 1.69 bits per heavy atom. The molecular weight excluding hydrogens is 496 g/mol. The van der Waals surface area contributed by atoms with Gasteiger partial charge >= 0.3 is 0 Å². The van der Waals surface area contributed by atoms with E-state index in [-0.39, 0.29) is 42.7 Å². The van der Waals surface area contributed by atoms with Gasteiger partial charge in [-0.15, -0.1) is 12.4 Å². The summed E-state index contributed by atoms with van der Waals surface area (Å²) in [7, 11) is 0. The summed E-state index contributed by atoms with van der Waals surface area (Å²) < 4.78 is 1.07. The topological polar surface area (TPSA) is 197 Å². The Morgan fingerprint density at radius 1 is 0.781 bits per heavy atom. The lowest BCUT2D eigenvalue weighted by molar-refractivity contribution is 0.556. The Labute approximate surface area is 212 Å². The Kier molecular flexibility index (Phi) is 15.3. The van der Waals surface area contributed by atoms with Crippen molar-refractivity contribution in [2.75, 3.05) is 41.3 Å². The van der Waals surface area contributed by atoms with Crippen molar-refractivity contribution in [3.05, 3.63) is 28.2 Å². The number of rotatable bonds is 4. The fourth-order valence-corrected chi connectivity index (χ4v) is 4.24. The van der Waals surface area contributed by atoms with Gasteiger partial charge in [-0.1, -0.05) is 15.9 Å². The molecule has 2 aromatic rings. The molecule has 32 heavy (non-hydrogen) atoms. The molecule has 4 rings (SSSR count). The highest BCUT2D eigenvalue weighted by atomic mass is 79.9. The van der Waals surface area contributed by atoms with Gasteiger partial charge in [-0.25, -0.2) is 0 Å². The average Bonchev–Trinajstić information content (AvgIpc) is 2.71. The van der Waals surface area contributed by atoms with E-state index in [9.17, 15) is 0 Å². The van der Waals surface area contributed by atoms with Gasteiger partial charge < -0.3 is 39.7 Å². The second-order valence-corrected chi connectivity index (χ2v) is 8.35. The van der Waals surface area contributed by atoms with E-state index in [1.807, 2.05) is 6.07 Å². The predicted octanol–water partition coefficient (Wildman–Crippen LogP) is 6.72. The number of hydrogen-bond acceptors (Lipinski definition) is 10. The van der Waals surface area contributed by atoms with Crippen LogP contribution in [0.1, 0.15) is 49.8 Å². The zero-order valence-corrected chi connectivity index (χ0v) is 21.6. The van der Waals surface area contributed by atoms with Crippen molar-refractivity contribution in [2.45, 2.75) is 45.4 Å². The lowest BCUT2D eigenvalue weighted by Gasteiger charge is -2.30. The van der Waals surface area contributed by atoms with Crippen LogP contribution in [0, 0.1) is 6.92 Å². The van der Waals surface area contributed by atoms with E-state index in [1.54, 1.807) is 0 Å². The summed E-state index contributed by atoms with van der Waals surface area (Å²) in [6.45, 7) is 6.20. The fraction of sp³-hybridized carbons (Fsp3) is 0.550. The Hall–Kier alpha value is -1.76. The van der Waals surface area contributed by atoms with Crippen LogP contribution in [-0.4, -0.2) is 41.1 Å². The average molecular weight is 544 g/mol. The number of benzene rings is 1. The third-order valence-electron chi connectivity index (χ3n) is 5.32.